The van der Waals surface area contributed by atoms with Gasteiger partial charge in [0.15, 0.2) is 0 Å². The number of nitrogens with zero attached hydrogens (tertiary/aromatic N) is 1. The Hall–Kier alpha value is -1.41. The van der Waals surface area contributed by atoms with Gasteiger partial charge in [-0.15, -0.1) is 0 Å². The smallest absolute Gasteiger partial charge is 0.0702 e. The average Bonchev–Trinajstić information content (AvgIpc) is 2.88. The monoisotopic (exact) mass is 240 g/mol. The fourth-order valence-electron chi connectivity index (χ4n) is 3.21. The lowest BCUT2D eigenvalue weighted by molar-refractivity contribution is 0.356. The molecule has 18 heavy (non-hydrogen) atoms. The molecule has 0 amide bonds. The molecule has 0 saturated carbocycles. The van der Waals surface area contributed by atoms with E-state index in [0.29, 0.717) is 0 Å². The highest BCUT2D eigenvalue weighted by Crippen LogP contribution is 2.36. The van der Waals surface area contributed by atoms with Gasteiger partial charge in [-0.25, -0.2) is 0 Å². The van der Waals surface area contributed by atoms with E-state index in [1.807, 2.05) is 12.3 Å². The van der Waals surface area contributed by atoms with Crippen LogP contribution in [-0.2, 0) is 5.54 Å². The van der Waals surface area contributed by atoms with Crippen LogP contribution < -0.4 is 5.32 Å². The maximum absolute atomic E-state index is 4.40. The molecule has 1 aromatic heterocycles. The molecule has 0 bridgehead atoms. The Kier molecular flexibility index (Phi) is 3.04. The highest BCUT2D eigenvalue weighted by Gasteiger charge is 2.34. The van der Waals surface area contributed by atoms with E-state index in [9.17, 15) is 0 Å². The molecule has 1 aliphatic rings. The van der Waals surface area contributed by atoms with Gasteiger partial charge in [-0.05, 0) is 49.6 Å². The molecular formula is C16H20N2. The molecule has 1 saturated heterocycles. The molecule has 1 atom stereocenters. The Balaban J connectivity index is 2.06. The Morgan fingerprint density at radius 2 is 2.28 bits per heavy atom. The van der Waals surface area contributed by atoms with E-state index in [-0.39, 0.29) is 5.54 Å². The molecule has 1 fully saturated rings. The lowest BCUT2D eigenvalue weighted by Crippen LogP contribution is -2.36. The van der Waals surface area contributed by atoms with Gasteiger partial charge < -0.3 is 5.32 Å². The summed E-state index contributed by atoms with van der Waals surface area (Å²) in [5.74, 6) is 0. The van der Waals surface area contributed by atoms with Crippen molar-refractivity contribution in [2.24, 2.45) is 0 Å². The standard InChI is InChI=1S/C16H20N2/c1-2-8-16(9-4-11-18-16)14-6-7-15-13(12-14)5-3-10-17-15/h3,5-7,10,12,18H,2,4,8-9,11H2,1H3. The summed E-state index contributed by atoms with van der Waals surface area (Å²) in [5, 5.41) is 4.98. The second-order valence-electron chi connectivity index (χ2n) is 5.27. The summed E-state index contributed by atoms with van der Waals surface area (Å²) in [6, 6.07) is 10.9. The third-order valence-corrected chi connectivity index (χ3v) is 4.08. The summed E-state index contributed by atoms with van der Waals surface area (Å²) in [6.45, 7) is 3.41. The van der Waals surface area contributed by atoms with Gasteiger partial charge >= 0.3 is 0 Å². The van der Waals surface area contributed by atoms with Gasteiger partial charge in [0.1, 0.15) is 0 Å². The van der Waals surface area contributed by atoms with Gasteiger partial charge in [-0.3, -0.25) is 4.98 Å². The van der Waals surface area contributed by atoms with Crippen LogP contribution in [0.15, 0.2) is 36.5 Å². The molecule has 1 aliphatic heterocycles. The summed E-state index contributed by atoms with van der Waals surface area (Å²) in [5.41, 5.74) is 2.73. The van der Waals surface area contributed by atoms with Crippen molar-refractivity contribution in [2.75, 3.05) is 6.54 Å². The second kappa shape index (κ2) is 4.69. The SMILES string of the molecule is CCCC1(c2ccc3ncccc3c2)CCCN1. The first-order valence-corrected chi connectivity index (χ1v) is 6.94. The molecule has 2 heterocycles. The molecule has 3 rings (SSSR count). The fourth-order valence-corrected chi connectivity index (χ4v) is 3.21. The first-order chi connectivity index (χ1) is 8.84. The summed E-state index contributed by atoms with van der Waals surface area (Å²) in [7, 11) is 0. The van der Waals surface area contributed by atoms with Gasteiger partial charge in [-0.2, -0.15) is 0 Å². The largest absolute Gasteiger partial charge is 0.307 e. The summed E-state index contributed by atoms with van der Waals surface area (Å²) in [6.07, 6.45) is 6.84. The number of hydrogen-bond acceptors (Lipinski definition) is 2. The van der Waals surface area contributed by atoms with Crippen molar-refractivity contribution in [3.63, 3.8) is 0 Å². The zero-order chi connectivity index (χ0) is 12.4. The number of hydrogen-bond donors (Lipinski definition) is 1. The lowest BCUT2D eigenvalue weighted by Gasteiger charge is -2.30. The quantitative estimate of drug-likeness (QED) is 0.886. The van der Waals surface area contributed by atoms with Crippen molar-refractivity contribution < 1.29 is 0 Å². The topological polar surface area (TPSA) is 24.9 Å². The third-order valence-electron chi connectivity index (χ3n) is 4.08. The number of nitrogens with one attached hydrogen (secondary N) is 1. The van der Waals surface area contributed by atoms with Crippen molar-refractivity contribution in [1.82, 2.24) is 10.3 Å². The van der Waals surface area contributed by atoms with Crippen molar-refractivity contribution in [2.45, 2.75) is 38.1 Å². The molecule has 0 aliphatic carbocycles. The first-order valence-electron chi connectivity index (χ1n) is 6.94. The highest BCUT2D eigenvalue weighted by atomic mass is 15.0. The van der Waals surface area contributed by atoms with Crippen molar-refractivity contribution >= 4 is 10.9 Å². The molecular weight excluding hydrogens is 220 g/mol. The molecule has 2 heteroatoms. The molecule has 1 aromatic carbocycles. The van der Waals surface area contributed by atoms with Crippen LogP contribution in [0.4, 0.5) is 0 Å². The van der Waals surface area contributed by atoms with Crippen LogP contribution in [0, 0.1) is 0 Å². The van der Waals surface area contributed by atoms with Crippen molar-refractivity contribution in [1.29, 1.82) is 0 Å². The Morgan fingerprint density at radius 3 is 3.06 bits per heavy atom. The minimum Gasteiger partial charge on any atom is -0.307 e. The van der Waals surface area contributed by atoms with Crippen LogP contribution in [0.2, 0.25) is 0 Å². The second-order valence-corrected chi connectivity index (χ2v) is 5.27. The minimum absolute atomic E-state index is 0.207. The summed E-state index contributed by atoms with van der Waals surface area (Å²) >= 11 is 0. The number of aromatic nitrogens is 1. The van der Waals surface area contributed by atoms with Gasteiger partial charge in [0, 0.05) is 17.1 Å². The molecule has 1 unspecified atom stereocenters. The Labute approximate surface area is 108 Å². The normalized spacial score (nSPS) is 23.6. The van der Waals surface area contributed by atoms with Gasteiger partial charge in [0.25, 0.3) is 0 Å². The van der Waals surface area contributed by atoms with Crippen molar-refractivity contribution in [3.8, 4) is 0 Å². The van der Waals surface area contributed by atoms with Gasteiger partial charge in [-0.1, -0.05) is 25.5 Å². The predicted octanol–water partition coefficient (Wildman–Crippen LogP) is 3.61. The van der Waals surface area contributed by atoms with E-state index in [0.717, 1.165) is 12.1 Å². The maximum atomic E-state index is 4.40. The summed E-state index contributed by atoms with van der Waals surface area (Å²) in [4.78, 5) is 4.40. The predicted molar refractivity (Wildman–Crippen MR) is 75.6 cm³/mol. The number of rotatable bonds is 3. The Morgan fingerprint density at radius 1 is 1.33 bits per heavy atom. The molecule has 2 nitrogen and oxygen atoms in total. The van der Waals surface area contributed by atoms with Crippen LogP contribution in [0.25, 0.3) is 10.9 Å². The Bertz CT molecular complexity index is 542. The van der Waals surface area contributed by atoms with E-state index in [4.69, 9.17) is 0 Å². The van der Waals surface area contributed by atoms with Crippen LogP contribution in [-0.4, -0.2) is 11.5 Å². The minimum atomic E-state index is 0.207. The van der Waals surface area contributed by atoms with Crippen LogP contribution in [0.5, 0.6) is 0 Å². The third kappa shape index (κ3) is 1.91. The number of pyridine rings is 1. The molecule has 2 aromatic rings. The maximum Gasteiger partial charge on any atom is 0.0702 e. The van der Waals surface area contributed by atoms with E-state index >= 15 is 0 Å². The fraction of sp³-hybridized carbons (Fsp3) is 0.438. The molecule has 94 valence electrons. The zero-order valence-corrected chi connectivity index (χ0v) is 10.9. The van der Waals surface area contributed by atoms with Crippen LogP contribution in [0.1, 0.15) is 38.2 Å². The van der Waals surface area contributed by atoms with E-state index in [1.54, 1.807) is 0 Å². The number of fused-ring (bicyclic) bond motifs is 1. The molecule has 0 spiro atoms. The van der Waals surface area contributed by atoms with Crippen molar-refractivity contribution in [3.05, 3.63) is 42.1 Å². The molecule has 0 radical (unpaired) electrons. The van der Waals surface area contributed by atoms with E-state index in [1.165, 1.54) is 36.6 Å². The average molecular weight is 240 g/mol. The van der Waals surface area contributed by atoms with E-state index < -0.39 is 0 Å². The first kappa shape index (κ1) is 11.7. The highest BCUT2D eigenvalue weighted by molar-refractivity contribution is 5.79. The lowest BCUT2D eigenvalue weighted by atomic mass is 9.84. The van der Waals surface area contributed by atoms with Gasteiger partial charge in [0.2, 0.25) is 0 Å². The van der Waals surface area contributed by atoms with E-state index in [2.05, 4.69) is 41.5 Å². The van der Waals surface area contributed by atoms with Gasteiger partial charge in [0.05, 0.1) is 5.52 Å². The van der Waals surface area contributed by atoms with Crippen LogP contribution >= 0.6 is 0 Å². The molecule has 1 N–H and O–H groups in total. The zero-order valence-electron chi connectivity index (χ0n) is 10.9. The number of benzene rings is 1. The summed E-state index contributed by atoms with van der Waals surface area (Å²) < 4.78 is 0. The van der Waals surface area contributed by atoms with Crippen LogP contribution in [0.3, 0.4) is 0 Å².